The summed E-state index contributed by atoms with van der Waals surface area (Å²) in [6.07, 6.45) is 3.82. The third-order valence-corrected chi connectivity index (χ3v) is 3.65. The highest BCUT2D eigenvalue weighted by molar-refractivity contribution is 7.09. The average molecular weight is 268 g/mol. The Labute approximate surface area is 112 Å². The van der Waals surface area contributed by atoms with E-state index in [4.69, 9.17) is 4.74 Å². The van der Waals surface area contributed by atoms with Gasteiger partial charge in [0.25, 0.3) is 0 Å². The molecule has 2 heterocycles. The summed E-state index contributed by atoms with van der Waals surface area (Å²) in [6.45, 7) is 7.49. The monoisotopic (exact) mass is 268 g/mol. The van der Waals surface area contributed by atoms with Crippen molar-refractivity contribution in [1.29, 1.82) is 0 Å². The van der Waals surface area contributed by atoms with E-state index in [1.165, 1.54) is 4.88 Å². The lowest BCUT2D eigenvalue weighted by atomic mass is 10.1. The molecule has 1 aliphatic heterocycles. The van der Waals surface area contributed by atoms with Crippen LogP contribution in [0.1, 0.15) is 38.5 Å². The maximum atomic E-state index is 12.1. The Bertz CT molecular complexity index is 398. The molecule has 0 spiro atoms. The average Bonchev–Trinajstić information content (AvgIpc) is 2.86. The van der Waals surface area contributed by atoms with E-state index in [0.717, 1.165) is 25.9 Å². The first kappa shape index (κ1) is 13.5. The number of rotatable bonds is 3. The van der Waals surface area contributed by atoms with E-state index in [1.54, 1.807) is 11.3 Å². The van der Waals surface area contributed by atoms with Gasteiger partial charge in [0.15, 0.2) is 0 Å². The molecule has 100 valence electrons. The Hall–Kier alpha value is -0.940. The summed E-state index contributed by atoms with van der Waals surface area (Å²) in [4.78, 5) is 19.6. The predicted molar refractivity (Wildman–Crippen MR) is 71.4 cm³/mol. The van der Waals surface area contributed by atoms with Crippen molar-refractivity contribution in [1.82, 2.24) is 9.88 Å². The molecule has 1 aromatic rings. The van der Waals surface area contributed by atoms with Crippen molar-refractivity contribution < 1.29 is 9.53 Å². The second-order valence-electron chi connectivity index (χ2n) is 5.63. The molecule has 0 bridgehead atoms. The summed E-state index contributed by atoms with van der Waals surface area (Å²) in [5.41, 5.74) is 1.42. The summed E-state index contributed by atoms with van der Waals surface area (Å²) in [6, 6.07) is -0.0914. The lowest BCUT2D eigenvalue weighted by molar-refractivity contribution is -0.160. The summed E-state index contributed by atoms with van der Waals surface area (Å²) >= 11 is 1.63. The van der Waals surface area contributed by atoms with Crippen LogP contribution in [-0.4, -0.2) is 34.0 Å². The van der Waals surface area contributed by atoms with Gasteiger partial charge in [0, 0.05) is 17.6 Å². The molecule has 18 heavy (non-hydrogen) atoms. The smallest absolute Gasteiger partial charge is 0.323 e. The molecule has 0 aromatic carbocycles. The lowest BCUT2D eigenvalue weighted by Crippen LogP contribution is -2.39. The van der Waals surface area contributed by atoms with Crippen molar-refractivity contribution in [3.8, 4) is 0 Å². The number of esters is 1. The van der Waals surface area contributed by atoms with Gasteiger partial charge in [-0.05, 0) is 40.2 Å². The van der Waals surface area contributed by atoms with Crippen LogP contribution in [0.2, 0.25) is 0 Å². The Balaban J connectivity index is 1.97. The molecule has 1 saturated heterocycles. The maximum Gasteiger partial charge on any atom is 0.323 e. The van der Waals surface area contributed by atoms with Crippen molar-refractivity contribution in [3.63, 3.8) is 0 Å². The molecule has 0 unspecified atom stereocenters. The van der Waals surface area contributed by atoms with E-state index < -0.39 is 5.60 Å². The van der Waals surface area contributed by atoms with E-state index in [-0.39, 0.29) is 12.0 Å². The van der Waals surface area contributed by atoms with Crippen LogP contribution in [0, 0.1) is 0 Å². The number of hydrogen-bond acceptors (Lipinski definition) is 5. The van der Waals surface area contributed by atoms with Crippen molar-refractivity contribution in [3.05, 3.63) is 16.6 Å². The normalized spacial score (nSPS) is 21.2. The van der Waals surface area contributed by atoms with Crippen molar-refractivity contribution >= 4 is 17.3 Å². The standard InChI is InChI=1S/C13H20N2O2S/c1-13(2,3)17-12(16)11-5-4-6-15(11)8-10-7-14-9-18-10/h7,9,11H,4-6,8H2,1-3H3/t11-/m1/s1. The Morgan fingerprint density at radius 1 is 1.61 bits per heavy atom. The van der Waals surface area contributed by atoms with Gasteiger partial charge in [-0.15, -0.1) is 11.3 Å². The Morgan fingerprint density at radius 2 is 2.39 bits per heavy atom. The summed E-state index contributed by atoms with van der Waals surface area (Å²) < 4.78 is 5.48. The fraction of sp³-hybridized carbons (Fsp3) is 0.692. The molecule has 1 fully saturated rings. The quantitative estimate of drug-likeness (QED) is 0.790. The zero-order valence-corrected chi connectivity index (χ0v) is 12.0. The van der Waals surface area contributed by atoms with Crippen molar-refractivity contribution in [2.45, 2.75) is 51.8 Å². The number of carbonyl (C=O) groups is 1. The third kappa shape index (κ3) is 3.53. The number of hydrogen-bond donors (Lipinski definition) is 0. The molecule has 1 aliphatic rings. The van der Waals surface area contributed by atoms with Crippen LogP contribution < -0.4 is 0 Å². The number of aromatic nitrogens is 1. The maximum absolute atomic E-state index is 12.1. The van der Waals surface area contributed by atoms with Crippen LogP contribution in [0.4, 0.5) is 0 Å². The summed E-state index contributed by atoms with van der Waals surface area (Å²) in [7, 11) is 0. The van der Waals surface area contributed by atoms with E-state index in [1.807, 2.05) is 32.5 Å². The van der Waals surface area contributed by atoms with Gasteiger partial charge in [0.2, 0.25) is 0 Å². The molecule has 2 rings (SSSR count). The van der Waals surface area contributed by atoms with Crippen LogP contribution in [-0.2, 0) is 16.1 Å². The first-order chi connectivity index (χ1) is 8.46. The molecule has 1 atom stereocenters. The number of ether oxygens (including phenoxy) is 1. The third-order valence-electron chi connectivity index (χ3n) is 2.88. The van der Waals surface area contributed by atoms with E-state index in [9.17, 15) is 4.79 Å². The van der Waals surface area contributed by atoms with Gasteiger partial charge in [-0.2, -0.15) is 0 Å². The molecule has 1 aromatic heterocycles. The Kier molecular flexibility index (Phi) is 4.02. The number of nitrogens with zero attached hydrogens (tertiary/aromatic N) is 2. The largest absolute Gasteiger partial charge is 0.459 e. The summed E-state index contributed by atoms with van der Waals surface area (Å²) in [5, 5.41) is 0. The number of carbonyl (C=O) groups excluding carboxylic acids is 1. The molecule has 5 heteroatoms. The SMILES string of the molecule is CC(C)(C)OC(=O)[C@H]1CCCN1Cc1cncs1. The van der Waals surface area contributed by atoms with Crippen molar-refractivity contribution in [2.75, 3.05) is 6.54 Å². The fourth-order valence-electron chi connectivity index (χ4n) is 2.17. The second kappa shape index (κ2) is 5.36. The van der Waals surface area contributed by atoms with Crippen molar-refractivity contribution in [2.24, 2.45) is 0 Å². The minimum Gasteiger partial charge on any atom is -0.459 e. The molecule has 0 N–H and O–H groups in total. The first-order valence-electron chi connectivity index (χ1n) is 6.30. The second-order valence-corrected chi connectivity index (χ2v) is 6.60. The van der Waals surface area contributed by atoms with Crippen LogP contribution in [0.5, 0.6) is 0 Å². The van der Waals surface area contributed by atoms with E-state index in [2.05, 4.69) is 9.88 Å². The highest BCUT2D eigenvalue weighted by Gasteiger charge is 2.34. The van der Waals surface area contributed by atoms with Gasteiger partial charge in [-0.25, -0.2) is 0 Å². The fourth-order valence-corrected chi connectivity index (χ4v) is 2.79. The molecule has 0 radical (unpaired) electrons. The molecule has 4 nitrogen and oxygen atoms in total. The zero-order chi connectivity index (χ0) is 13.2. The van der Waals surface area contributed by atoms with Gasteiger partial charge in [-0.1, -0.05) is 0 Å². The van der Waals surface area contributed by atoms with Gasteiger partial charge in [0.1, 0.15) is 11.6 Å². The molecule has 0 aliphatic carbocycles. The minimum atomic E-state index is -0.407. The number of likely N-dealkylation sites (tertiary alicyclic amines) is 1. The van der Waals surface area contributed by atoms with Crippen LogP contribution in [0.15, 0.2) is 11.7 Å². The molecular formula is C13H20N2O2S. The molecular weight excluding hydrogens is 248 g/mol. The molecule has 0 saturated carbocycles. The van der Waals surface area contributed by atoms with Crippen LogP contribution in [0.25, 0.3) is 0 Å². The van der Waals surface area contributed by atoms with Gasteiger partial charge in [-0.3, -0.25) is 14.7 Å². The summed E-state index contributed by atoms with van der Waals surface area (Å²) in [5.74, 6) is -0.0930. The van der Waals surface area contributed by atoms with Crippen LogP contribution in [0.3, 0.4) is 0 Å². The number of thiazole rings is 1. The highest BCUT2D eigenvalue weighted by atomic mass is 32.1. The minimum absolute atomic E-state index is 0.0914. The highest BCUT2D eigenvalue weighted by Crippen LogP contribution is 2.23. The first-order valence-corrected chi connectivity index (χ1v) is 7.18. The lowest BCUT2D eigenvalue weighted by Gasteiger charge is -2.26. The van der Waals surface area contributed by atoms with Gasteiger partial charge >= 0.3 is 5.97 Å². The Morgan fingerprint density at radius 3 is 3.00 bits per heavy atom. The van der Waals surface area contributed by atoms with E-state index >= 15 is 0 Å². The predicted octanol–water partition coefficient (Wildman–Crippen LogP) is 2.45. The topological polar surface area (TPSA) is 42.4 Å². The van der Waals surface area contributed by atoms with Gasteiger partial charge in [0.05, 0.1) is 5.51 Å². The molecule has 0 amide bonds. The van der Waals surface area contributed by atoms with Crippen LogP contribution >= 0.6 is 11.3 Å². The van der Waals surface area contributed by atoms with Gasteiger partial charge < -0.3 is 4.74 Å². The van der Waals surface area contributed by atoms with E-state index in [0.29, 0.717) is 0 Å². The zero-order valence-electron chi connectivity index (χ0n) is 11.2.